The van der Waals surface area contributed by atoms with Crippen molar-refractivity contribution in [2.45, 2.75) is 44.4 Å². The van der Waals surface area contributed by atoms with Crippen LogP contribution in [0.3, 0.4) is 0 Å². The zero-order valence-electron chi connectivity index (χ0n) is 19.7. The molecule has 4 aromatic rings. The maximum atomic E-state index is 16.1. The van der Waals surface area contributed by atoms with Crippen LogP contribution in [0.25, 0.3) is 27.5 Å². The predicted molar refractivity (Wildman–Crippen MR) is 125 cm³/mol. The number of fused-ring (bicyclic) bond motifs is 2. The second-order valence-corrected chi connectivity index (χ2v) is 9.98. The molecule has 0 saturated heterocycles. The zero-order chi connectivity index (χ0) is 25.1. The van der Waals surface area contributed by atoms with Gasteiger partial charge in [0.25, 0.3) is 0 Å². The van der Waals surface area contributed by atoms with E-state index in [0.717, 1.165) is 12.1 Å². The van der Waals surface area contributed by atoms with E-state index in [0.29, 0.717) is 52.5 Å². The van der Waals surface area contributed by atoms with E-state index in [4.69, 9.17) is 4.74 Å². The molecule has 0 spiro atoms. The molecule has 6 nitrogen and oxygen atoms in total. The normalized spacial score (nSPS) is 18.7. The summed E-state index contributed by atoms with van der Waals surface area (Å²) in [5.41, 5.74) is 1.77. The number of carboxylic acids is 1. The molecule has 5 rings (SSSR count). The first kappa shape index (κ1) is 23.4. The Morgan fingerprint density at radius 1 is 1.23 bits per heavy atom. The maximum Gasteiger partial charge on any atom is 0.306 e. The number of nitrogens with zero attached hydrogens (tertiary/aromatic N) is 2. The number of nitrogens with one attached hydrogen (secondary N) is 1. The monoisotopic (exact) mass is 485 g/mol. The van der Waals surface area contributed by atoms with Gasteiger partial charge in [-0.2, -0.15) is 5.10 Å². The number of hydrogen-bond acceptors (Lipinski definition) is 3. The Morgan fingerprint density at radius 2 is 2.00 bits per heavy atom. The van der Waals surface area contributed by atoms with E-state index in [1.54, 1.807) is 17.7 Å². The summed E-state index contributed by atoms with van der Waals surface area (Å²) in [4.78, 5) is 11.7. The Hall–Kier alpha value is -3.33. The van der Waals surface area contributed by atoms with Crippen molar-refractivity contribution in [1.29, 1.82) is 0 Å². The van der Waals surface area contributed by atoms with E-state index < -0.39 is 34.8 Å². The number of halogens is 3. The molecule has 1 aliphatic carbocycles. The van der Waals surface area contributed by atoms with Gasteiger partial charge in [0, 0.05) is 40.7 Å². The van der Waals surface area contributed by atoms with Crippen molar-refractivity contribution in [2.75, 3.05) is 13.7 Å². The second-order valence-electron chi connectivity index (χ2n) is 9.98. The average Bonchev–Trinajstić information content (AvgIpc) is 3.52. The first-order chi connectivity index (χ1) is 16.6. The molecule has 0 aliphatic heterocycles. The first-order valence-electron chi connectivity index (χ1n) is 11.5. The molecular formula is C26H26F3N3O3. The van der Waals surface area contributed by atoms with Crippen molar-refractivity contribution >= 4 is 27.8 Å². The molecule has 2 aromatic carbocycles. The maximum absolute atomic E-state index is 16.1. The van der Waals surface area contributed by atoms with Gasteiger partial charge >= 0.3 is 5.97 Å². The molecule has 0 radical (unpaired) electrons. The van der Waals surface area contributed by atoms with Gasteiger partial charge in [-0.25, -0.2) is 13.2 Å². The smallest absolute Gasteiger partial charge is 0.306 e. The molecule has 0 amide bonds. The SMILES string of the molecule is COCC(C)(C)c1c([C@@H]2CCC(C(=O)O)C2)c2c(F)c3[nH]ncc3cc2n1-c1ccc(F)c(F)c1. The number of aliphatic carboxylic acids is 1. The molecule has 35 heavy (non-hydrogen) atoms. The van der Waals surface area contributed by atoms with Crippen molar-refractivity contribution in [1.82, 2.24) is 14.8 Å². The Kier molecular flexibility index (Phi) is 5.62. The van der Waals surface area contributed by atoms with Crippen LogP contribution in [0.15, 0.2) is 30.5 Å². The molecule has 2 heterocycles. The molecular weight excluding hydrogens is 459 g/mol. The molecule has 2 N–H and O–H groups in total. The standard InChI is InChI=1S/C26H26F3N3O3/c1-26(2,12-35-3)24-20(13-4-5-14(8-13)25(33)34)21-19(9-15-11-30-31-23(15)22(21)29)32(24)16-6-7-17(27)18(28)10-16/h6-7,9-11,13-14H,4-5,8,12H2,1-3H3,(H,30,31)(H,33,34)/t13-,14?/m1/s1. The van der Waals surface area contributed by atoms with Crippen LogP contribution >= 0.6 is 0 Å². The van der Waals surface area contributed by atoms with Crippen LogP contribution in [0.2, 0.25) is 0 Å². The summed E-state index contributed by atoms with van der Waals surface area (Å²) >= 11 is 0. The highest BCUT2D eigenvalue weighted by atomic mass is 19.2. The molecule has 184 valence electrons. The first-order valence-corrected chi connectivity index (χ1v) is 11.5. The number of carboxylic acid groups (broad SMARTS) is 1. The van der Waals surface area contributed by atoms with Crippen LogP contribution in [0.5, 0.6) is 0 Å². The number of aromatic amines is 1. The van der Waals surface area contributed by atoms with Crippen LogP contribution in [-0.4, -0.2) is 39.6 Å². The summed E-state index contributed by atoms with van der Waals surface area (Å²) in [6.45, 7) is 4.16. The lowest BCUT2D eigenvalue weighted by Crippen LogP contribution is -2.28. The molecule has 1 aliphatic rings. The number of hydrogen-bond donors (Lipinski definition) is 2. The molecule has 1 saturated carbocycles. The van der Waals surface area contributed by atoms with Gasteiger partial charge in [-0.1, -0.05) is 13.8 Å². The van der Waals surface area contributed by atoms with E-state index in [1.807, 2.05) is 13.8 Å². The van der Waals surface area contributed by atoms with E-state index in [9.17, 15) is 18.7 Å². The number of aromatic nitrogens is 3. The minimum Gasteiger partial charge on any atom is -0.481 e. The minimum atomic E-state index is -1.02. The van der Waals surface area contributed by atoms with Gasteiger partial charge in [0.05, 0.1) is 24.2 Å². The quantitative estimate of drug-likeness (QED) is 0.361. The van der Waals surface area contributed by atoms with Gasteiger partial charge in [-0.15, -0.1) is 0 Å². The Balaban J connectivity index is 1.92. The van der Waals surface area contributed by atoms with Gasteiger partial charge < -0.3 is 14.4 Å². The molecule has 2 atom stereocenters. The molecule has 1 unspecified atom stereocenters. The fourth-order valence-corrected chi connectivity index (χ4v) is 5.68. The van der Waals surface area contributed by atoms with Gasteiger partial charge in [-0.05, 0) is 48.9 Å². The van der Waals surface area contributed by atoms with E-state index >= 15 is 4.39 Å². The fraction of sp³-hybridized carbons (Fsp3) is 0.385. The molecule has 0 bridgehead atoms. The Bertz CT molecular complexity index is 1460. The lowest BCUT2D eigenvalue weighted by Gasteiger charge is -2.29. The van der Waals surface area contributed by atoms with Gasteiger partial charge in [0.1, 0.15) is 5.52 Å². The summed E-state index contributed by atoms with van der Waals surface area (Å²) < 4.78 is 51.7. The molecule has 9 heteroatoms. The third-order valence-corrected chi connectivity index (χ3v) is 7.14. The number of methoxy groups -OCH3 is 1. The predicted octanol–water partition coefficient (Wildman–Crippen LogP) is 5.82. The third-order valence-electron chi connectivity index (χ3n) is 7.14. The number of ether oxygens (including phenoxy) is 1. The zero-order valence-corrected chi connectivity index (χ0v) is 19.7. The highest BCUT2D eigenvalue weighted by Gasteiger charge is 2.40. The summed E-state index contributed by atoms with van der Waals surface area (Å²) in [6.07, 6.45) is 2.93. The molecule has 2 aromatic heterocycles. The minimum absolute atomic E-state index is 0.230. The number of benzene rings is 2. The van der Waals surface area contributed by atoms with Crippen molar-refractivity contribution in [3.05, 3.63) is 59.2 Å². The number of carbonyl (C=O) groups is 1. The Morgan fingerprint density at radius 3 is 2.66 bits per heavy atom. The van der Waals surface area contributed by atoms with Crippen LogP contribution in [0.1, 0.15) is 50.3 Å². The van der Waals surface area contributed by atoms with Crippen molar-refractivity contribution in [3.8, 4) is 5.69 Å². The summed E-state index contributed by atoms with van der Waals surface area (Å²) in [5.74, 6) is -4.12. The highest BCUT2D eigenvalue weighted by molar-refractivity contribution is 6.00. The lowest BCUT2D eigenvalue weighted by molar-refractivity contribution is -0.141. The third kappa shape index (κ3) is 3.69. The van der Waals surface area contributed by atoms with Crippen LogP contribution in [0, 0.1) is 23.4 Å². The second kappa shape index (κ2) is 8.41. The lowest BCUT2D eigenvalue weighted by atomic mass is 9.82. The number of H-pyrrole nitrogens is 1. The van der Waals surface area contributed by atoms with E-state index in [-0.39, 0.29) is 18.0 Å². The van der Waals surface area contributed by atoms with Gasteiger partial charge in [0.15, 0.2) is 17.5 Å². The largest absolute Gasteiger partial charge is 0.481 e. The highest BCUT2D eigenvalue weighted by Crippen LogP contribution is 2.49. The Labute approximate surface area is 199 Å². The summed E-state index contributed by atoms with van der Waals surface area (Å²) in [7, 11) is 1.57. The summed E-state index contributed by atoms with van der Waals surface area (Å²) in [6, 6.07) is 5.38. The van der Waals surface area contributed by atoms with Gasteiger partial charge in [-0.3, -0.25) is 9.89 Å². The van der Waals surface area contributed by atoms with Crippen molar-refractivity contribution in [2.24, 2.45) is 5.92 Å². The number of rotatable bonds is 6. The van der Waals surface area contributed by atoms with E-state index in [1.165, 1.54) is 12.3 Å². The summed E-state index contributed by atoms with van der Waals surface area (Å²) in [5, 5.41) is 17.2. The van der Waals surface area contributed by atoms with Crippen LogP contribution in [0.4, 0.5) is 13.2 Å². The van der Waals surface area contributed by atoms with Gasteiger partial charge in [0.2, 0.25) is 0 Å². The van der Waals surface area contributed by atoms with Crippen LogP contribution in [-0.2, 0) is 14.9 Å². The van der Waals surface area contributed by atoms with Crippen LogP contribution < -0.4 is 0 Å². The van der Waals surface area contributed by atoms with Crippen molar-refractivity contribution < 1.29 is 27.8 Å². The average molecular weight is 486 g/mol. The topological polar surface area (TPSA) is 80.1 Å². The van der Waals surface area contributed by atoms with Crippen molar-refractivity contribution in [3.63, 3.8) is 0 Å². The van der Waals surface area contributed by atoms with E-state index in [2.05, 4.69) is 10.2 Å². The fourth-order valence-electron chi connectivity index (χ4n) is 5.68. The molecule has 1 fully saturated rings.